The molecule has 0 aliphatic carbocycles. The number of hydrogen-bond donors (Lipinski definition) is 1. The number of benzene rings is 1. The molecule has 1 aromatic heterocycles. The van der Waals surface area contributed by atoms with Crippen LogP contribution in [0.25, 0.3) is 11.0 Å². The molecule has 2 heterocycles. The maximum atomic E-state index is 5.58. The van der Waals surface area contributed by atoms with Gasteiger partial charge in [-0.25, -0.2) is 4.98 Å². The van der Waals surface area contributed by atoms with Gasteiger partial charge in [0.25, 0.3) is 0 Å². The van der Waals surface area contributed by atoms with E-state index >= 15 is 0 Å². The Labute approximate surface area is 130 Å². The lowest BCUT2D eigenvalue weighted by molar-refractivity contribution is 0.0372. The van der Waals surface area contributed by atoms with Gasteiger partial charge in [-0.15, -0.1) is 10.2 Å². The van der Waals surface area contributed by atoms with Crippen LogP contribution in [0.15, 0.2) is 12.1 Å². The number of nitrogen functional groups attached to an aromatic ring is 1. The first-order valence-electron chi connectivity index (χ1n) is 7.92. The zero-order chi connectivity index (χ0) is 15.4. The van der Waals surface area contributed by atoms with Gasteiger partial charge in [-0.2, -0.15) is 0 Å². The lowest BCUT2D eigenvalue weighted by Gasteiger charge is -2.26. The molecule has 0 unspecified atom stereocenters. The van der Waals surface area contributed by atoms with Gasteiger partial charge in [0.05, 0.1) is 18.7 Å². The second kappa shape index (κ2) is 6.98. The normalized spacial score (nSPS) is 16.2. The minimum Gasteiger partial charge on any atom is -0.379 e. The van der Waals surface area contributed by atoms with E-state index < -0.39 is 0 Å². The first kappa shape index (κ1) is 15.1. The van der Waals surface area contributed by atoms with Gasteiger partial charge in [-0.3, -0.25) is 4.90 Å². The van der Waals surface area contributed by atoms with Gasteiger partial charge in [0, 0.05) is 13.1 Å². The molecule has 0 radical (unpaired) electrons. The van der Waals surface area contributed by atoms with Crippen molar-refractivity contribution >= 4 is 17.0 Å². The molecule has 1 aliphatic heterocycles. The second-order valence-electron chi connectivity index (χ2n) is 5.85. The average Bonchev–Trinajstić information content (AvgIpc) is 2.53. The summed E-state index contributed by atoms with van der Waals surface area (Å²) in [6.07, 6.45) is 3.46. The third-order valence-electron chi connectivity index (χ3n) is 4.20. The lowest BCUT2D eigenvalue weighted by atomic mass is 10.0. The first-order chi connectivity index (χ1) is 10.7. The Kier molecular flexibility index (Phi) is 4.80. The molecule has 1 saturated heterocycles. The summed E-state index contributed by atoms with van der Waals surface area (Å²) in [6, 6.07) is 4.15. The first-order valence-corrected chi connectivity index (χ1v) is 7.92. The molecule has 1 aromatic carbocycles. The molecule has 0 saturated carbocycles. The van der Waals surface area contributed by atoms with Crippen LogP contribution in [0.1, 0.15) is 24.0 Å². The predicted molar refractivity (Wildman–Crippen MR) is 86.7 cm³/mol. The number of hydrogen-bond acceptors (Lipinski definition) is 6. The van der Waals surface area contributed by atoms with Crippen LogP contribution in [0.5, 0.6) is 0 Å². The molecule has 1 aliphatic rings. The Balaban J connectivity index is 1.56. The summed E-state index contributed by atoms with van der Waals surface area (Å²) in [6.45, 7) is 7.16. The molecular weight excluding hydrogens is 278 g/mol. The highest BCUT2D eigenvalue weighted by molar-refractivity contribution is 5.76. The van der Waals surface area contributed by atoms with E-state index in [1.807, 2.05) is 0 Å². The van der Waals surface area contributed by atoms with Crippen molar-refractivity contribution in [2.45, 2.75) is 26.2 Å². The molecular formula is C16H23N5O. The minimum absolute atomic E-state index is 0.227. The van der Waals surface area contributed by atoms with Crippen molar-refractivity contribution in [1.29, 1.82) is 0 Å². The topological polar surface area (TPSA) is 77.2 Å². The summed E-state index contributed by atoms with van der Waals surface area (Å²) in [7, 11) is 0. The van der Waals surface area contributed by atoms with Crippen molar-refractivity contribution in [2.24, 2.45) is 0 Å². The largest absolute Gasteiger partial charge is 0.379 e. The van der Waals surface area contributed by atoms with Gasteiger partial charge in [-0.1, -0.05) is 0 Å². The molecule has 0 amide bonds. The number of rotatable bonds is 5. The number of fused-ring (bicyclic) bond motifs is 1. The smallest absolute Gasteiger partial charge is 0.240 e. The zero-order valence-electron chi connectivity index (χ0n) is 13.1. The standard InChI is InChI=1S/C16H23N5O/c1-12-10-14-15(19-20-16(17)18-14)11-13(12)4-2-3-5-21-6-8-22-9-7-21/h10-11H,2-9H2,1H3,(H2,17,18,20). The fraction of sp³-hybridized carbons (Fsp3) is 0.562. The zero-order valence-corrected chi connectivity index (χ0v) is 13.1. The Morgan fingerprint density at radius 3 is 2.77 bits per heavy atom. The summed E-state index contributed by atoms with van der Waals surface area (Å²) in [5, 5.41) is 7.96. The molecule has 3 rings (SSSR count). The fourth-order valence-electron chi connectivity index (χ4n) is 2.89. The summed E-state index contributed by atoms with van der Waals surface area (Å²) in [5.41, 5.74) is 9.80. The van der Waals surface area contributed by atoms with Crippen LogP contribution < -0.4 is 5.73 Å². The van der Waals surface area contributed by atoms with E-state index in [4.69, 9.17) is 10.5 Å². The molecule has 118 valence electrons. The lowest BCUT2D eigenvalue weighted by Crippen LogP contribution is -2.36. The number of ether oxygens (including phenoxy) is 1. The van der Waals surface area contributed by atoms with Crippen LogP contribution in [0.3, 0.4) is 0 Å². The summed E-state index contributed by atoms with van der Waals surface area (Å²) in [5.74, 6) is 0.227. The molecule has 0 atom stereocenters. The molecule has 2 aromatic rings. The number of nitrogens with two attached hydrogens (primary N) is 1. The highest BCUT2D eigenvalue weighted by atomic mass is 16.5. The maximum Gasteiger partial charge on any atom is 0.240 e. The van der Waals surface area contributed by atoms with E-state index in [9.17, 15) is 0 Å². The monoisotopic (exact) mass is 301 g/mol. The highest BCUT2D eigenvalue weighted by Gasteiger charge is 2.10. The van der Waals surface area contributed by atoms with Gasteiger partial charge in [0.15, 0.2) is 0 Å². The van der Waals surface area contributed by atoms with E-state index in [0.29, 0.717) is 0 Å². The van der Waals surface area contributed by atoms with Crippen LogP contribution in [0.2, 0.25) is 0 Å². The van der Waals surface area contributed by atoms with Gasteiger partial charge in [-0.05, 0) is 56.0 Å². The summed E-state index contributed by atoms with van der Waals surface area (Å²) < 4.78 is 5.37. The summed E-state index contributed by atoms with van der Waals surface area (Å²) in [4.78, 5) is 6.70. The van der Waals surface area contributed by atoms with E-state index in [-0.39, 0.29) is 5.95 Å². The van der Waals surface area contributed by atoms with Crippen molar-refractivity contribution in [2.75, 3.05) is 38.6 Å². The Bertz CT molecular complexity index is 640. The molecule has 0 spiro atoms. The van der Waals surface area contributed by atoms with E-state index in [1.165, 1.54) is 24.0 Å². The Hall–Kier alpha value is -1.79. The minimum atomic E-state index is 0.227. The number of aryl methyl sites for hydroxylation is 2. The van der Waals surface area contributed by atoms with E-state index in [1.54, 1.807) is 0 Å². The van der Waals surface area contributed by atoms with E-state index in [0.717, 1.165) is 50.3 Å². The van der Waals surface area contributed by atoms with Crippen LogP contribution >= 0.6 is 0 Å². The molecule has 22 heavy (non-hydrogen) atoms. The average molecular weight is 301 g/mol. The molecule has 6 heteroatoms. The van der Waals surface area contributed by atoms with Crippen LogP contribution in [-0.4, -0.2) is 52.9 Å². The third-order valence-corrected chi connectivity index (χ3v) is 4.20. The fourth-order valence-corrected chi connectivity index (χ4v) is 2.89. The third kappa shape index (κ3) is 3.69. The summed E-state index contributed by atoms with van der Waals surface area (Å²) >= 11 is 0. The van der Waals surface area contributed by atoms with Crippen molar-refractivity contribution in [3.63, 3.8) is 0 Å². The highest BCUT2D eigenvalue weighted by Crippen LogP contribution is 2.18. The van der Waals surface area contributed by atoms with Crippen LogP contribution in [0.4, 0.5) is 5.95 Å². The van der Waals surface area contributed by atoms with Gasteiger partial charge >= 0.3 is 0 Å². The Morgan fingerprint density at radius 2 is 1.95 bits per heavy atom. The number of morpholine rings is 1. The van der Waals surface area contributed by atoms with Gasteiger partial charge in [0.1, 0.15) is 5.52 Å². The van der Waals surface area contributed by atoms with Crippen molar-refractivity contribution in [3.05, 3.63) is 23.3 Å². The maximum absolute atomic E-state index is 5.58. The van der Waals surface area contributed by atoms with Gasteiger partial charge in [0.2, 0.25) is 5.95 Å². The van der Waals surface area contributed by atoms with Gasteiger partial charge < -0.3 is 10.5 Å². The molecule has 1 fully saturated rings. The van der Waals surface area contributed by atoms with Crippen LogP contribution in [-0.2, 0) is 11.2 Å². The van der Waals surface area contributed by atoms with Crippen molar-refractivity contribution in [3.8, 4) is 0 Å². The van der Waals surface area contributed by atoms with E-state index in [2.05, 4.69) is 39.1 Å². The quantitative estimate of drug-likeness (QED) is 0.845. The van der Waals surface area contributed by atoms with Crippen molar-refractivity contribution in [1.82, 2.24) is 20.1 Å². The second-order valence-corrected chi connectivity index (χ2v) is 5.85. The SMILES string of the molecule is Cc1cc2nc(N)nnc2cc1CCCCN1CCOCC1. The molecule has 0 bridgehead atoms. The van der Waals surface area contributed by atoms with Crippen LogP contribution in [0, 0.1) is 6.92 Å². The molecule has 2 N–H and O–H groups in total. The predicted octanol–water partition coefficient (Wildman–Crippen LogP) is 1.57. The number of unbranched alkanes of at least 4 members (excludes halogenated alkanes) is 1. The number of aromatic nitrogens is 3. The number of nitrogens with zero attached hydrogens (tertiary/aromatic N) is 4. The number of anilines is 1. The van der Waals surface area contributed by atoms with Crippen molar-refractivity contribution < 1.29 is 4.74 Å². The molecule has 6 nitrogen and oxygen atoms in total. The Morgan fingerprint density at radius 1 is 1.14 bits per heavy atom.